The van der Waals surface area contributed by atoms with E-state index in [0.717, 1.165) is 0 Å². The molecule has 0 aliphatic carbocycles. The lowest BCUT2D eigenvalue weighted by Crippen LogP contribution is -2.36. The third kappa shape index (κ3) is 5.39. The van der Waals surface area contributed by atoms with Crippen molar-refractivity contribution in [3.63, 3.8) is 0 Å². The van der Waals surface area contributed by atoms with E-state index in [4.69, 9.17) is 15.0 Å². The van der Waals surface area contributed by atoms with E-state index in [0.29, 0.717) is 31.0 Å². The molecule has 0 fully saturated rings. The van der Waals surface area contributed by atoms with Crippen LogP contribution in [0.25, 0.3) is 0 Å². The van der Waals surface area contributed by atoms with E-state index in [1.165, 1.54) is 6.26 Å². The summed E-state index contributed by atoms with van der Waals surface area (Å²) in [6, 6.07) is 1.58. The zero-order valence-corrected chi connectivity index (χ0v) is 11.6. The molecule has 8 heteroatoms. The molecule has 1 aromatic rings. The van der Waals surface area contributed by atoms with Crippen molar-refractivity contribution < 1.29 is 18.7 Å². The number of amides is 2. The molecule has 0 atom stereocenters. The first-order valence-corrected chi connectivity index (χ1v) is 6.09. The molecule has 1 heterocycles. The van der Waals surface area contributed by atoms with E-state index in [2.05, 4.69) is 5.32 Å². The molecule has 8 nitrogen and oxygen atoms in total. The first kappa shape index (κ1) is 16.2. The van der Waals surface area contributed by atoms with Gasteiger partial charge in [0, 0.05) is 13.7 Å². The summed E-state index contributed by atoms with van der Waals surface area (Å²) in [6.07, 6.45) is 1.32. The minimum atomic E-state index is -0.417. The molecule has 0 radical (unpaired) electrons. The van der Waals surface area contributed by atoms with E-state index in [1.54, 1.807) is 25.1 Å². The van der Waals surface area contributed by atoms with Crippen molar-refractivity contribution in [2.24, 2.45) is 5.84 Å². The summed E-state index contributed by atoms with van der Waals surface area (Å²) in [4.78, 5) is 24.6. The van der Waals surface area contributed by atoms with Crippen LogP contribution in [0.5, 0.6) is 0 Å². The Hall–Kier alpha value is -1.90. The first-order valence-electron chi connectivity index (χ1n) is 6.09. The topological polar surface area (TPSA) is 110 Å². The van der Waals surface area contributed by atoms with Gasteiger partial charge in [-0.3, -0.25) is 19.9 Å². The Morgan fingerprint density at radius 1 is 1.50 bits per heavy atom. The normalized spacial score (nSPS) is 10.6. The predicted molar refractivity (Wildman–Crippen MR) is 71.6 cm³/mol. The van der Waals surface area contributed by atoms with Crippen LogP contribution in [0.2, 0.25) is 0 Å². The number of nitrogen functional groups attached to an aromatic ring is 1. The van der Waals surface area contributed by atoms with Crippen molar-refractivity contribution in [2.45, 2.75) is 6.54 Å². The Kier molecular flexibility index (Phi) is 6.71. The molecule has 0 bridgehead atoms. The molecule has 0 spiro atoms. The molecule has 2 amide bonds. The lowest BCUT2D eigenvalue weighted by molar-refractivity contribution is -0.122. The molecule has 20 heavy (non-hydrogen) atoms. The van der Waals surface area contributed by atoms with Gasteiger partial charge in [-0.15, -0.1) is 0 Å². The maximum Gasteiger partial charge on any atom is 0.268 e. The zero-order chi connectivity index (χ0) is 15.0. The number of likely N-dealkylation sites (N-methyl/N-ethyl adjacent to an activating group) is 1. The van der Waals surface area contributed by atoms with Gasteiger partial charge >= 0.3 is 0 Å². The monoisotopic (exact) mass is 284 g/mol. The number of hydrogen-bond donors (Lipinski definition) is 3. The molecule has 0 aromatic carbocycles. The standard InChI is InChI=1S/C12H20N4O4/c1-16(7-11(17)14-3-4-19-2)6-10-5-9(8-20-10)12(18)15-13/h5,8H,3-4,6-7,13H2,1-2H3,(H,14,17)(H,15,18). The largest absolute Gasteiger partial charge is 0.467 e. The molecule has 1 rings (SSSR count). The average Bonchev–Trinajstić information content (AvgIpc) is 2.86. The maximum absolute atomic E-state index is 11.6. The van der Waals surface area contributed by atoms with E-state index in [9.17, 15) is 9.59 Å². The van der Waals surface area contributed by atoms with E-state index in [-0.39, 0.29) is 12.5 Å². The molecule has 0 saturated heterocycles. The number of ether oxygens (including phenoxy) is 1. The summed E-state index contributed by atoms with van der Waals surface area (Å²) < 4.78 is 10.1. The van der Waals surface area contributed by atoms with Crippen LogP contribution in [-0.2, 0) is 16.1 Å². The van der Waals surface area contributed by atoms with Gasteiger partial charge in [-0.2, -0.15) is 0 Å². The van der Waals surface area contributed by atoms with Crippen molar-refractivity contribution in [2.75, 3.05) is 33.9 Å². The van der Waals surface area contributed by atoms with Gasteiger partial charge in [-0.25, -0.2) is 5.84 Å². The smallest absolute Gasteiger partial charge is 0.268 e. The fourth-order valence-electron chi connectivity index (χ4n) is 1.58. The number of hydrogen-bond acceptors (Lipinski definition) is 6. The highest BCUT2D eigenvalue weighted by atomic mass is 16.5. The van der Waals surface area contributed by atoms with Crippen LogP contribution in [0.1, 0.15) is 16.1 Å². The minimum absolute atomic E-state index is 0.101. The predicted octanol–water partition coefficient (Wildman–Crippen LogP) is -0.922. The highest BCUT2D eigenvalue weighted by Crippen LogP contribution is 2.09. The number of rotatable bonds is 8. The second-order valence-electron chi connectivity index (χ2n) is 4.29. The van der Waals surface area contributed by atoms with Crippen molar-refractivity contribution in [3.8, 4) is 0 Å². The van der Waals surface area contributed by atoms with Gasteiger partial charge in [0.1, 0.15) is 12.0 Å². The third-order valence-corrected chi connectivity index (χ3v) is 2.51. The molecule has 1 aromatic heterocycles. The van der Waals surface area contributed by atoms with Crippen LogP contribution in [0.15, 0.2) is 16.7 Å². The number of methoxy groups -OCH3 is 1. The maximum atomic E-state index is 11.6. The van der Waals surface area contributed by atoms with Crippen molar-refractivity contribution in [3.05, 3.63) is 23.7 Å². The Bertz CT molecular complexity index is 446. The first-order chi connectivity index (χ1) is 9.56. The molecule has 0 saturated carbocycles. The SMILES string of the molecule is COCCNC(=O)CN(C)Cc1cc(C(=O)NN)co1. The Labute approximate surface area is 117 Å². The number of nitrogens with two attached hydrogens (primary N) is 1. The molecular weight excluding hydrogens is 264 g/mol. The highest BCUT2D eigenvalue weighted by molar-refractivity contribution is 5.93. The summed E-state index contributed by atoms with van der Waals surface area (Å²) in [5.74, 6) is 5.09. The summed E-state index contributed by atoms with van der Waals surface area (Å²) in [7, 11) is 3.35. The van der Waals surface area contributed by atoms with Crippen molar-refractivity contribution in [1.82, 2.24) is 15.6 Å². The second kappa shape index (κ2) is 8.31. The number of nitrogens with one attached hydrogen (secondary N) is 2. The number of carbonyl (C=O) groups excluding carboxylic acids is 2. The fraction of sp³-hybridized carbons (Fsp3) is 0.500. The van der Waals surface area contributed by atoms with Crippen LogP contribution in [-0.4, -0.2) is 50.6 Å². The van der Waals surface area contributed by atoms with Gasteiger partial charge in [-0.05, 0) is 13.1 Å². The van der Waals surface area contributed by atoms with E-state index < -0.39 is 5.91 Å². The van der Waals surface area contributed by atoms with Crippen LogP contribution < -0.4 is 16.6 Å². The van der Waals surface area contributed by atoms with Crippen LogP contribution in [0, 0.1) is 0 Å². The van der Waals surface area contributed by atoms with Crippen LogP contribution in [0.3, 0.4) is 0 Å². The molecule has 0 aliphatic rings. The van der Waals surface area contributed by atoms with Gasteiger partial charge in [0.25, 0.3) is 5.91 Å². The molecule has 0 unspecified atom stereocenters. The van der Waals surface area contributed by atoms with Crippen LogP contribution >= 0.6 is 0 Å². The minimum Gasteiger partial charge on any atom is -0.467 e. The Morgan fingerprint density at radius 3 is 2.90 bits per heavy atom. The summed E-state index contributed by atoms with van der Waals surface area (Å²) in [6.45, 7) is 1.59. The van der Waals surface area contributed by atoms with E-state index >= 15 is 0 Å². The van der Waals surface area contributed by atoms with Crippen molar-refractivity contribution in [1.29, 1.82) is 0 Å². The number of carbonyl (C=O) groups is 2. The second-order valence-corrected chi connectivity index (χ2v) is 4.29. The quantitative estimate of drug-likeness (QED) is 0.246. The van der Waals surface area contributed by atoms with Gasteiger partial charge in [-0.1, -0.05) is 0 Å². The number of hydrazine groups is 1. The van der Waals surface area contributed by atoms with E-state index in [1.807, 2.05) is 5.43 Å². The fourth-order valence-corrected chi connectivity index (χ4v) is 1.58. The van der Waals surface area contributed by atoms with Crippen LogP contribution in [0.4, 0.5) is 0 Å². The third-order valence-electron chi connectivity index (χ3n) is 2.51. The summed E-state index contributed by atoms with van der Waals surface area (Å²) in [5.41, 5.74) is 2.37. The van der Waals surface area contributed by atoms with Gasteiger partial charge in [0.2, 0.25) is 5.91 Å². The number of nitrogens with zero attached hydrogens (tertiary/aromatic N) is 1. The Balaban J connectivity index is 2.38. The van der Waals surface area contributed by atoms with Gasteiger partial charge < -0.3 is 14.5 Å². The summed E-state index contributed by atoms with van der Waals surface area (Å²) in [5, 5.41) is 2.72. The molecule has 4 N–H and O–H groups in total. The highest BCUT2D eigenvalue weighted by Gasteiger charge is 2.12. The van der Waals surface area contributed by atoms with Crippen molar-refractivity contribution >= 4 is 11.8 Å². The molecule has 112 valence electrons. The average molecular weight is 284 g/mol. The summed E-state index contributed by atoms with van der Waals surface area (Å²) >= 11 is 0. The zero-order valence-electron chi connectivity index (χ0n) is 11.6. The Morgan fingerprint density at radius 2 is 2.25 bits per heavy atom. The van der Waals surface area contributed by atoms with Gasteiger partial charge in [0.05, 0.1) is 25.3 Å². The number of furan rings is 1. The molecular formula is C12H20N4O4. The lowest BCUT2D eigenvalue weighted by atomic mass is 10.3. The molecule has 0 aliphatic heterocycles. The van der Waals surface area contributed by atoms with Gasteiger partial charge in [0.15, 0.2) is 0 Å². The lowest BCUT2D eigenvalue weighted by Gasteiger charge is -2.14.